The molecule has 1 aliphatic heterocycles. The van der Waals surface area contributed by atoms with E-state index in [1.54, 1.807) is 6.07 Å². The summed E-state index contributed by atoms with van der Waals surface area (Å²) in [6.07, 6.45) is 1.49. The van der Waals surface area contributed by atoms with Crippen molar-refractivity contribution in [3.63, 3.8) is 0 Å². The molecule has 0 bridgehead atoms. The Morgan fingerprint density at radius 3 is 3.00 bits per heavy atom. The molecule has 76 valence electrons. The molecule has 1 aliphatic rings. The molecule has 14 heavy (non-hydrogen) atoms. The fourth-order valence-electron chi connectivity index (χ4n) is 1.27. The Bertz CT molecular complexity index is 333. The van der Waals surface area contributed by atoms with E-state index in [1.807, 2.05) is 0 Å². The monoisotopic (exact) mass is 258 g/mol. The van der Waals surface area contributed by atoms with Gasteiger partial charge < -0.3 is 15.1 Å². The number of carbonyl (C=O) groups is 1. The topological polar surface area (TPSA) is 54.3 Å². The number of hydrogen-bond donors (Lipinski definition) is 2. The molecule has 1 amide bonds. The molecule has 0 aliphatic carbocycles. The summed E-state index contributed by atoms with van der Waals surface area (Å²) in [6.45, 7) is 2.68. The van der Waals surface area contributed by atoms with Crippen LogP contribution in [-0.2, 0) is 0 Å². The van der Waals surface area contributed by atoms with Gasteiger partial charge in [0, 0.05) is 25.6 Å². The van der Waals surface area contributed by atoms with Crippen LogP contribution in [0.15, 0.2) is 21.2 Å². The fourth-order valence-corrected chi connectivity index (χ4v) is 1.65. The third kappa shape index (κ3) is 1.99. The van der Waals surface area contributed by atoms with Crippen LogP contribution in [0, 0.1) is 5.92 Å². The molecule has 0 spiro atoms. The van der Waals surface area contributed by atoms with Gasteiger partial charge in [0.05, 0.1) is 10.7 Å². The van der Waals surface area contributed by atoms with Crippen LogP contribution in [0.5, 0.6) is 0 Å². The second-order valence-electron chi connectivity index (χ2n) is 3.33. The highest BCUT2D eigenvalue weighted by molar-refractivity contribution is 9.10. The molecule has 1 aromatic heterocycles. The summed E-state index contributed by atoms with van der Waals surface area (Å²) in [5, 5.41) is 5.97. The third-order valence-electron chi connectivity index (χ3n) is 2.24. The van der Waals surface area contributed by atoms with E-state index in [0.29, 0.717) is 22.7 Å². The van der Waals surface area contributed by atoms with Crippen molar-refractivity contribution in [3.05, 3.63) is 22.6 Å². The lowest BCUT2D eigenvalue weighted by atomic mass is 10.0. The Hall–Kier alpha value is -0.810. The minimum absolute atomic E-state index is 0.159. The number of hydrogen-bond acceptors (Lipinski definition) is 3. The molecule has 0 atom stereocenters. The molecule has 2 rings (SSSR count). The zero-order chi connectivity index (χ0) is 9.97. The first kappa shape index (κ1) is 9.73. The van der Waals surface area contributed by atoms with Crippen LogP contribution in [0.2, 0.25) is 0 Å². The van der Waals surface area contributed by atoms with Crippen LogP contribution in [0.4, 0.5) is 0 Å². The van der Waals surface area contributed by atoms with Crippen molar-refractivity contribution in [2.45, 2.75) is 0 Å². The van der Waals surface area contributed by atoms with E-state index in [-0.39, 0.29) is 5.91 Å². The summed E-state index contributed by atoms with van der Waals surface area (Å²) in [5.41, 5.74) is 0. The van der Waals surface area contributed by atoms with Crippen LogP contribution in [0.25, 0.3) is 0 Å². The number of furan rings is 1. The Labute approximate surface area is 90.2 Å². The Morgan fingerprint density at radius 2 is 2.50 bits per heavy atom. The van der Waals surface area contributed by atoms with Crippen molar-refractivity contribution in [3.8, 4) is 0 Å². The predicted molar refractivity (Wildman–Crippen MR) is 55.1 cm³/mol. The van der Waals surface area contributed by atoms with E-state index in [4.69, 9.17) is 4.42 Å². The van der Waals surface area contributed by atoms with E-state index < -0.39 is 0 Å². The highest BCUT2D eigenvalue weighted by atomic mass is 79.9. The molecule has 2 heterocycles. The quantitative estimate of drug-likeness (QED) is 0.851. The summed E-state index contributed by atoms with van der Waals surface area (Å²) >= 11 is 3.24. The molecule has 5 heteroatoms. The van der Waals surface area contributed by atoms with Gasteiger partial charge in [-0.2, -0.15) is 0 Å². The van der Waals surface area contributed by atoms with Gasteiger partial charge in [-0.3, -0.25) is 4.79 Å². The van der Waals surface area contributed by atoms with Crippen LogP contribution in [0.1, 0.15) is 10.6 Å². The number of rotatable bonds is 3. The van der Waals surface area contributed by atoms with Crippen LogP contribution in [-0.4, -0.2) is 25.5 Å². The molecular weight excluding hydrogens is 248 g/mol. The van der Waals surface area contributed by atoms with Gasteiger partial charge in [0.15, 0.2) is 0 Å². The maximum atomic E-state index is 11.5. The van der Waals surface area contributed by atoms with E-state index in [9.17, 15) is 4.79 Å². The molecule has 1 fully saturated rings. The molecule has 1 saturated heterocycles. The van der Waals surface area contributed by atoms with E-state index in [2.05, 4.69) is 26.6 Å². The molecule has 2 N–H and O–H groups in total. The lowest BCUT2D eigenvalue weighted by Crippen LogP contribution is -2.48. The number of halogens is 1. The molecule has 4 nitrogen and oxygen atoms in total. The van der Waals surface area contributed by atoms with Gasteiger partial charge in [-0.1, -0.05) is 0 Å². The summed E-state index contributed by atoms with van der Waals surface area (Å²) in [4.78, 5) is 11.5. The molecular formula is C9H11BrN2O2. The zero-order valence-electron chi connectivity index (χ0n) is 7.55. The van der Waals surface area contributed by atoms with E-state index in [1.165, 1.54) is 6.26 Å². The van der Waals surface area contributed by atoms with Crippen molar-refractivity contribution in [2.75, 3.05) is 19.6 Å². The van der Waals surface area contributed by atoms with Crippen molar-refractivity contribution < 1.29 is 9.21 Å². The average molecular weight is 259 g/mol. The largest absolute Gasteiger partial charge is 0.458 e. The number of nitrogens with one attached hydrogen (secondary N) is 2. The first-order valence-corrected chi connectivity index (χ1v) is 5.28. The molecule has 0 saturated carbocycles. The third-order valence-corrected chi connectivity index (χ3v) is 2.87. The van der Waals surface area contributed by atoms with Gasteiger partial charge in [-0.05, 0) is 22.0 Å². The van der Waals surface area contributed by atoms with Crippen molar-refractivity contribution in [2.24, 2.45) is 5.92 Å². The van der Waals surface area contributed by atoms with E-state index in [0.717, 1.165) is 13.1 Å². The fraction of sp³-hybridized carbons (Fsp3) is 0.444. The second-order valence-corrected chi connectivity index (χ2v) is 4.19. The first-order valence-electron chi connectivity index (χ1n) is 4.49. The predicted octanol–water partition coefficient (Wildman–Crippen LogP) is 0.991. The maximum Gasteiger partial charge on any atom is 0.288 e. The minimum Gasteiger partial charge on any atom is -0.458 e. The average Bonchev–Trinajstić information content (AvgIpc) is 2.48. The SMILES string of the molecule is O=C(NCC1CNC1)c1occc1Br. The summed E-state index contributed by atoms with van der Waals surface area (Å²) in [7, 11) is 0. The zero-order valence-corrected chi connectivity index (χ0v) is 9.13. The second kappa shape index (κ2) is 4.14. The van der Waals surface area contributed by atoms with Crippen molar-refractivity contribution in [1.82, 2.24) is 10.6 Å². The molecule has 0 radical (unpaired) electrons. The first-order chi connectivity index (χ1) is 6.77. The smallest absolute Gasteiger partial charge is 0.288 e. The summed E-state index contributed by atoms with van der Waals surface area (Å²) in [6, 6.07) is 1.71. The van der Waals surface area contributed by atoms with E-state index >= 15 is 0 Å². The highest BCUT2D eigenvalue weighted by Gasteiger charge is 2.19. The van der Waals surface area contributed by atoms with Gasteiger partial charge in [-0.25, -0.2) is 0 Å². The lowest BCUT2D eigenvalue weighted by Gasteiger charge is -2.26. The number of amides is 1. The van der Waals surface area contributed by atoms with Gasteiger partial charge in [-0.15, -0.1) is 0 Å². The Morgan fingerprint density at radius 1 is 1.71 bits per heavy atom. The summed E-state index contributed by atoms with van der Waals surface area (Å²) < 4.78 is 5.73. The standard InChI is InChI=1S/C9H11BrN2O2/c10-7-1-2-14-8(7)9(13)12-5-6-3-11-4-6/h1-2,6,11H,3-5H2,(H,12,13). The van der Waals surface area contributed by atoms with Gasteiger partial charge in [0.2, 0.25) is 5.76 Å². The van der Waals surface area contributed by atoms with Gasteiger partial charge in [0.25, 0.3) is 5.91 Å². The van der Waals surface area contributed by atoms with Crippen LogP contribution >= 0.6 is 15.9 Å². The van der Waals surface area contributed by atoms with Crippen molar-refractivity contribution in [1.29, 1.82) is 0 Å². The number of carbonyl (C=O) groups excluding carboxylic acids is 1. The maximum absolute atomic E-state index is 11.5. The van der Waals surface area contributed by atoms with Crippen molar-refractivity contribution >= 4 is 21.8 Å². The minimum atomic E-state index is -0.159. The van der Waals surface area contributed by atoms with Crippen LogP contribution in [0.3, 0.4) is 0 Å². The van der Waals surface area contributed by atoms with Gasteiger partial charge in [0.1, 0.15) is 0 Å². The van der Waals surface area contributed by atoms with Gasteiger partial charge >= 0.3 is 0 Å². The lowest BCUT2D eigenvalue weighted by molar-refractivity contribution is 0.0913. The normalized spacial score (nSPS) is 16.4. The highest BCUT2D eigenvalue weighted by Crippen LogP contribution is 2.17. The molecule has 0 aromatic carbocycles. The summed E-state index contributed by atoms with van der Waals surface area (Å²) in [5.74, 6) is 0.749. The Kier molecular flexibility index (Phi) is 2.88. The Balaban J connectivity index is 1.86. The van der Waals surface area contributed by atoms with Crippen LogP contribution < -0.4 is 10.6 Å². The molecule has 0 unspecified atom stereocenters. The molecule has 1 aromatic rings.